The third-order valence-electron chi connectivity index (χ3n) is 7.21. The first-order valence-corrected chi connectivity index (χ1v) is 12.1. The van der Waals surface area contributed by atoms with E-state index in [1.54, 1.807) is 30.3 Å². The van der Waals surface area contributed by atoms with Crippen molar-refractivity contribution in [3.8, 4) is 22.8 Å². The van der Waals surface area contributed by atoms with E-state index in [-0.39, 0.29) is 5.76 Å². The molecule has 0 saturated carbocycles. The number of hydrogen-bond acceptors (Lipinski definition) is 13. The molecule has 2 saturated heterocycles. The highest BCUT2D eigenvalue weighted by Crippen LogP contribution is 2.50. The van der Waals surface area contributed by atoms with Crippen LogP contribution >= 0.6 is 0 Å². The monoisotopic (exact) mass is 548 g/mol. The maximum Gasteiger partial charge on any atom is 0.197 e. The number of rotatable bonds is 4. The van der Waals surface area contributed by atoms with Crippen molar-refractivity contribution in [1.29, 1.82) is 0 Å². The molecule has 0 radical (unpaired) electrons. The lowest BCUT2D eigenvalue weighted by atomic mass is 9.85. The Morgan fingerprint density at radius 3 is 2.13 bits per heavy atom. The van der Waals surface area contributed by atoms with E-state index in [0.29, 0.717) is 5.56 Å². The van der Waals surface area contributed by atoms with Gasteiger partial charge in [0.15, 0.2) is 11.0 Å². The van der Waals surface area contributed by atoms with Gasteiger partial charge in [0.2, 0.25) is 0 Å². The van der Waals surface area contributed by atoms with Gasteiger partial charge in [0.25, 0.3) is 0 Å². The Bertz CT molecular complexity index is 1400. The lowest BCUT2D eigenvalue weighted by molar-refractivity contribution is -0.231. The summed E-state index contributed by atoms with van der Waals surface area (Å²) in [5.74, 6) is -1.74. The Morgan fingerprint density at radius 2 is 1.46 bits per heavy atom. The summed E-state index contributed by atoms with van der Waals surface area (Å²) in [5, 5.41) is 94.0. The van der Waals surface area contributed by atoms with Gasteiger partial charge < -0.3 is 59.8 Å². The first-order chi connectivity index (χ1) is 18.6. The van der Waals surface area contributed by atoms with Gasteiger partial charge >= 0.3 is 0 Å². The highest BCUT2D eigenvalue weighted by Gasteiger charge is 2.48. The molecule has 2 fully saturated rings. The molecular formula is C26H28O13. The molecule has 2 aromatic carbocycles. The number of hydrogen-bond donors (Lipinski definition) is 9. The van der Waals surface area contributed by atoms with Crippen LogP contribution in [0.4, 0.5) is 0 Å². The molecule has 1 aromatic heterocycles. The topological polar surface area (TPSA) is 231 Å². The molecule has 2 unspecified atom stereocenters. The van der Waals surface area contributed by atoms with Gasteiger partial charge in [-0.15, -0.1) is 0 Å². The van der Waals surface area contributed by atoms with Crippen molar-refractivity contribution >= 4 is 11.0 Å². The second-order valence-corrected chi connectivity index (χ2v) is 9.62. The molecule has 9 N–H and O–H groups in total. The maximum atomic E-state index is 13.4. The van der Waals surface area contributed by atoms with Crippen LogP contribution in [-0.4, -0.2) is 102 Å². The Kier molecular flexibility index (Phi) is 7.37. The van der Waals surface area contributed by atoms with Gasteiger partial charge in [-0.2, -0.15) is 0 Å². The van der Waals surface area contributed by atoms with Gasteiger partial charge in [-0.1, -0.05) is 30.3 Å². The van der Waals surface area contributed by atoms with Crippen LogP contribution in [0.15, 0.2) is 45.6 Å². The standard InChI is InChI=1S/C26H28O13/c27-7-13-18(31)21(34)23(36)26(39-13)16-20(33)15(25-22(35)17(30)11(29)8-37-25)19(32)14-10(28)6-12(38-24(14)16)9-4-2-1-3-5-9/h1-6,11,13,17-18,21-23,25-27,29-36H,7-8H2/t11-,13+,17-,18+,21-,22+,23+,25?,26?/m0/s1. The largest absolute Gasteiger partial charge is 0.507 e. The fourth-order valence-corrected chi connectivity index (χ4v) is 5.09. The molecular weight excluding hydrogens is 520 g/mol. The van der Waals surface area contributed by atoms with Crippen LogP contribution in [0.3, 0.4) is 0 Å². The Morgan fingerprint density at radius 1 is 0.795 bits per heavy atom. The number of benzene rings is 2. The summed E-state index contributed by atoms with van der Waals surface area (Å²) in [6.07, 6.45) is -15.4. The SMILES string of the molecule is O=c1cc(-c2ccccc2)oc2c(C3O[C@H](CO)[C@@H](O)[C@H](O)[C@H]3O)c(O)c(C3OC[C@H](O)[C@H](O)[C@H]3O)c(O)c12. The fourth-order valence-electron chi connectivity index (χ4n) is 5.09. The first kappa shape index (κ1) is 27.5. The molecule has 3 aromatic rings. The van der Waals surface area contributed by atoms with Crippen LogP contribution in [0, 0.1) is 0 Å². The normalized spacial score (nSPS) is 33.4. The van der Waals surface area contributed by atoms with E-state index in [2.05, 4.69) is 0 Å². The zero-order valence-electron chi connectivity index (χ0n) is 20.2. The van der Waals surface area contributed by atoms with Crippen LogP contribution in [0.2, 0.25) is 0 Å². The molecule has 2 aliphatic rings. The molecule has 5 rings (SSSR count). The van der Waals surface area contributed by atoms with Crippen molar-refractivity contribution in [3.63, 3.8) is 0 Å². The summed E-state index contributed by atoms with van der Waals surface area (Å²) in [7, 11) is 0. The highest BCUT2D eigenvalue weighted by atomic mass is 16.5. The molecule has 3 heterocycles. The van der Waals surface area contributed by atoms with E-state index >= 15 is 0 Å². The summed E-state index contributed by atoms with van der Waals surface area (Å²) in [4.78, 5) is 13.4. The number of phenols is 2. The predicted molar refractivity (Wildman–Crippen MR) is 131 cm³/mol. The molecule has 13 heteroatoms. The molecule has 9 atom stereocenters. The summed E-state index contributed by atoms with van der Waals surface area (Å²) < 4.78 is 17.0. The van der Waals surface area contributed by atoms with Crippen molar-refractivity contribution in [2.24, 2.45) is 0 Å². The Hall–Kier alpha value is -3.11. The molecule has 39 heavy (non-hydrogen) atoms. The first-order valence-electron chi connectivity index (χ1n) is 12.1. The van der Waals surface area contributed by atoms with Gasteiger partial charge in [-0.25, -0.2) is 0 Å². The van der Waals surface area contributed by atoms with Crippen LogP contribution < -0.4 is 5.43 Å². The smallest absolute Gasteiger partial charge is 0.197 e. The van der Waals surface area contributed by atoms with Gasteiger partial charge in [0, 0.05) is 11.6 Å². The molecule has 0 aliphatic carbocycles. The molecule has 0 amide bonds. The summed E-state index contributed by atoms with van der Waals surface area (Å²) >= 11 is 0. The minimum Gasteiger partial charge on any atom is -0.507 e. The number of ether oxygens (including phenoxy) is 2. The summed E-state index contributed by atoms with van der Waals surface area (Å²) in [5.41, 5.74) is -1.84. The third-order valence-corrected chi connectivity index (χ3v) is 7.21. The molecule has 2 aliphatic heterocycles. The average Bonchev–Trinajstić information content (AvgIpc) is 2.93. The van der Waals surface area contributed by atoms with Gasteiger partial charge in [-0.05, 0) is 0 Å². The summed E-state index contributed by atoms with van der Waals surface area (Å²) in [6.45, 7) is -1.30. The zero-order chi connectivity index (χ0) is 28.2. The zero-order valence-corrected chi connectivity index (χ0v) is 20.2. The van der Waals surface area contributed by atoms with E-state index < -0.39 is 107 Å². The van der Waals surface area contributed by atoms with E-state index in [1.807, 2.05) is 0 Å². The van der Waals surface area contributed by atoms with Crippen LogP contribution in [0.25, 0.3) is 22.3 Å². The third kappa shape index (κ3) is 4.47. The second kappa shape index (κ2) is 10.5. The minimum absolute atomic E-state index is 0.0120. The van der Waals surface area contributed by atoms with Gasteiger partial charge in [0.1, 0.15) is 77.6 Å². The van der Waals surface area contributed by atoms with E-state index in [1.165, 1.54) is 0 Å². The summed E-state index contributed by atoms with van der Waals surface area (Å²) in [6, 6.07) is 9.42. The molecule has 0 bridgehead atoms. The number of aliphatic hydroxyl groups is 7. The van der Waals surface area contributed by atoms with E-state index in [0.717, 1.165) is 6.07 Å². The lowest BCUT2D eigenvalue weighted by Crippen LogP contribution is -2.55. The predicted octanol–water partition coefficient (Wildman–Crippen LogP) is -1.46. The quantitative estimate of drug-likeness (QED) is 0.182. The lowest BCUT2D eigenvalue weighted by Gasteiger charge is -2.41. The Balaban J connectivity index is 1.81. The number of aromatic hydroxyl groups is 2. The second-order valence-electron chi connectivity index (χ2n) is 9.62. The molecule has 13 nitrogen and oxygen atoms in total. The molecule has 0 spiro atoms. The average molecular weight is 548 g/mol. The van der Waals surface area contributed by atoms with Crippen molar-refractivity contribution in [2.75, 3.05) is 13.2 Å². The van der Waals surface area contributed by atoms with Crippen molar-refractivity contribution in [1.82, 2.24) is 0 Å². The van der Waals surface area contributed by atoms with Crippen molar-refractivity contribution in [3.05, 3.63) is 57.7 Å². The maximum absolute atomic E-state index is 13.4. The van der Waals surface area contributed by atoms with Crippen molar-refractivity contribution < 1.29 is 59.8 Å². The fraction of sp³-hybridized carbons (Fsp3) is 0.423. The molecule has 210 valence electrons. The minimum atomic E-state index is -1.93. The number of phenolic OH excluding ortho intramolecular Hbond substituents is 2. The van der Waals surface area contributed by atoms with Gasteiger partial charge in [-0.3, -0.25) is 4.79 Å². The number of fused-ring (bicyclic) bond motifs is 1. The van der Waals surface area contributed by atoms with E-state index in [4.69, 9.17) is 13.9 Å². The van der Waals surface area contributed by atoms with Crippen LogP contribution in [0.1, 0.15) is 23.3 Å². The number of aliphatic hydroxyl groups excluding tert-OH is 7. The van der Waals surface area contributed by atoms with Crippen LogP contribution in [0.5, 0.6) is 11.5 Å². The highest BCUT2D eigenvalue weighted by molar-refractivity contribution is 5.91. The van der Waals surface area contributed by atoms with Crippen LogP contribution in [-0.2, 0) is 9.47 Å². The van der Waals surface area contributed by atoms with Crippen molar-refractivity contribution in [2.45, 2.75) is 54.9 Å². The van der Waals surface area contributed by atoms with Gasteiger partial charge in [0.05, 0.1) is 24.3 Å². The van der Waals surface area contributed by atoms with E-state index in [9.17, 15) is 50.8 Å². The Labute approximate surface area is 220 Å².